The zero-order valence-electron chi connectivity index (χ0n) is 17.2. The number of hydrogen-bond donors (Lipinski definition) is 0. The molecule has 0 amide bonds. The molecule has 1 spiro atoms. The Bertz CT molecular complexity index is 383. The van der Waals surface area contributed by atoms with Gasteiger partial charge in [-0.15, -0.1) is 0 Å². The van der Waals surface area contributed by atoms with E-state index in [1.54, 1.807) is 0 Å². The number of nitrogens with zero attached hydrogens (tertiary/aromatic N) is 1. The number of rotatable bonds is 7. The first kappa shape index (κ1) is 20.2. The monoisotopic (exact) mass is 339 g/mol. The molecule has 1 unspecified atom stereocenters. The van der Waals surface area contributed by atoms with Crippen LogP contribution in [0.4, 0.5) is 0 Å². The van der Waals surface area contributed by atoms with E-state index in [1.165, 1.54) is 12.8 Å². The number of hydrogen-bond acceptors (Lipinski definition) is 3. The molecule has 1 aliphatic carbocycles. The van der Waals surface area contributed by atoms with Crippen molar-refractivity contribution >= 4 is 0 Å². The van der Waals surface area contributed by atoms with Crippen molar-refractivity contribution < 1.29 is 9.47 Å². The van der Waals surface area contributed by atoms with Gasteiger partial charge in [-0.05, 0) is 56.9 Å². The summed E-state index contributed by atoms with van der Waals surface area (Å²) < 4.78 is 12.6. The van der Waals surface area contributed by atoms with Crippen LogP contribution in [0.5, 0.6) is 0 Å². The van der Waals surface area contributed by atoms with Gasteiger partial charge in [0.05, 0.1) is 12.7 Å². The second-order valence-electron chi connectivity index (χ2n) is 9.22. The highest BCUT2D eigenvalue weighted by atomic mass is 16.7. The summed E-state index contributed by atoms with van der Waals surface area (Å²) in [6, 6.07) is 0.611. The van der Waals surface area contributed by atoms with Gasteiger partial charge in [0.2, 0.25) is 0 Å². The third kappa shape index (κ3) is 4.53. The molecule has 0 aromatic heterocycles. The molecular formula is C21H41NO2. The summed E-state index contributed by atoms with van der Waals surface area (Å²) in [6.45, 7) is 19.4. The van der Waals surface area contributed by atoms with Crippen molar-refractivity contribution in [3.8, 4) is 0 Å². The molecule has 1 aliphatic heterocycles. The SMILES string of the molecule is CCN(CCC1COC2(CCC(C(C)(C)C(C)C)CC2)O1)C(C)C. The zero-order chi connectivity index (χ0) is 18.0. The maximum absolute atomic E-state index is 6.44. The van der Waals surface area contributed by atoms with Crippen molar-refractivity contribution in [1.29, 1.82) is 0 Å². The predicted molar refractivity (Wildman–Crippen MR) is 101 cm³/mol. The third-order valence-electron chi connectivity index (χ3n) is 7.08. The Morgan fingerprint density at radius 2 is 1.75 bits per heavy atom. The highest BCUT2D eigenvalue weighted by Gasteiger charge is 2.47. The van der Waals surface area contributed by atoms with Crippen molar-refractivity contribution in [2.24, 2.45) is 17.3 Å². The Balaban J connectivity index is 1.81. The molecule has 2 fully saturated rings. The van der Waals surface area contributed by atoms with E-state index in [0.29, 0.717) is 11.5 Å². The fraction of sp³-hybridized carbons (Fsp3) is 1.00. The van der Waals surface area contributed by atoms with Gasteiger partial charge in [0.25, 0.3) is 0 Å². The standard InChI is InChI=1S/C21H41NO2/c1-8-22(17(4)5)14-11-19-15-23-21(24-19)12-9-18(10-13-21)20(6,7)16(2)3/h16-19H,8-15H2,1-7H3. The fourth-order valence-corrected chi connectivity index (χ4v) is 4.39. The average Bonchev–Trinajstić information content (AvgIpc) is 2.90. The summed E-state index contributed by atoms with van der Waals surface area (Å²) in [6.07, 6.45) is 6.01. The fourth-order valence-electron chi connectivity index (χ4n) is 4.39. The lowest BCUT2D eigenvalue weighted by Crippen LogP contribution is -2.41. The van der Waals surface area contributed by atoms with Gasteiger partial charge in [-0.25, -0.2) is 0 Å². The van der Waals surface area contributed by atoms with Gasteiger partial charge < -0.3 is 14.4 Å². The maximum atomic E-state index is 6.44. The molecule has 1 saturated carbocycles. The molecule has 0 aromatic rings. The Morgan fingerprint density at radius 3 is 2.25 bits per heavy atom. The van der Waals surface area contributed by atoms with Crippen molar-refractivity contribution in [3.63, 3.8) is 0 Å². The van der Waals surface area contributed by atoms with E-state index in [9.17, 15) is 0 Å². The van der Waals surface area contributed by atoms with E-state index in [-0.39, 0.29) is 11.9 Å². The lowest BCUT2D eigenvalue weighted by molar-refractivity contribution is -0.198. The minimum absolute atomic E-state index is 0.261. The van der Waals surface area contributed by atoms with E-state index in [2.05, 4.69) is 53.4 Å². The first-order valence-corrected chi connectivity index (χ1v) is 10.3. The van der Waals surface area contributed by atoms with E-state index in [0.717, 1.165) is 50.8 Å². The van der Waals surface area contributed by atoms with Crippen LogP contribution in [-0.2, 0) is 9.47 Å². The lowest BCUT2D eigenvalue weighted by atomic mass is 9.64. The molecule has 1 heterocycles. The molecule has 1 saturated heterocycles. The van der Waals surface area contributed by atoms with Gasteiger partial charge in [0.1, 0.15) is 0 Å². The van der Waals surface area contributed by atoms with Crippen molar-refractivity contribution in [2.45, 2.75) is 98.5 Å². The maximum Gasteiger partial charge on any atom is 0.168 e. The van der Waals surface area contributed by atoms with Crippen molar-refractivity contribution in [3.05, 3.63) is 0 Å². The molecule has 1 atom stereocenters. The molecule has 142 valence electrons. The Kier molecular flexibility index (Phi) is 6.78. The molecule has 24 heavy (non-hydrogen) atoms. The molecule has 0 bridgehead atoms. The average molecular weight is 340 g/mol. The van der Waals surface area contributed by atoms with Crippen molar-refractivity contribution in [1.82, 2.24) is 4.90 Å². The van der Waals surface area contributed by atoms with Crippen LogP contribution in [0.2, 0.25) is 0 Å². The van der Waals surface area contributed by atoms with Crippen LogP contribution in [0, 0.1) is 17.3 Å². The van der Waals surface area contributed by atoms with Crippen molar-refractivity contribution in [2.75, 3.05) is 19.7 Å². The molecular weight excluding hydrogens is 298 g/mol. The zero-order valence-corrected chi connectivity index (χ0v) is 17.2. The van der Waals surface area contributed by atoms with Crippen LogP contribution in [-0.4, -0.2) is 42.5 Å². The molecule has 3 nitrogen and oxygen atoms in total. The third-order valence-corrected chi connectivity index (χ3v) is 7.08. The van der Waals surface area contributed by atoms with Crippen LogP contribution in [0.1, 0.15) is 80.6 Å². The second-order valence-corrected chi connectivity index (χ2v) is 9.22. The summed E-state index contributed by atoms with van der Waals surface area (Å²) in [5.74, 6) is 1.26. The Morgan fingerprint density at radius 1 is 1.12 bits per heavy atom. The first-order valence-electron chi connectivity index (χ1n) is 10.3. The first-order chi connectivity index (χ1) is 11.2. The number of ether oxygens (including phenoxy) is 2. The van der Waals surface area contributed by atoms with Gasteiger partial charge in [-0.2, -0.15) is 0 Å². The summed E-state index contributed by atoms with van der Waals surface area (Å²) in [5.41, 5.74) is 0.415. The van der Waals surface area contributed by atoms with E-state index < -0.39 is 0 Å². The normalized spacial score (nSPS) is 31.8. The minimum Gasteiger partial charge on any atom is -0.347 e. The van der Waals surface area contributed by atoms with Crippen LogP contribution in [0.3, 0.4) is 0 Å². The van der Waals surface area contributed by atoms with E-state index in [1.807, 2.05) is 0 Å². The van der Waals surface area contributed by atoms with Gasteiger partial charge in [-0.1, -0.05) is 34.6 Å². The van der Waals surface area contributed by atoms with Crippen LogP contribution in [0.15, 0.2) is 0 Å². The molecule has 3 heteroatoms. The summed E-state index contributed by atoms with van der Waals surface area (Å²) in [7, 11) is 0. The van der Waals surface area contributed by atoms with E-state index >= 15 is 0 Å². The van der Waals surface area contributed by atoms with Gasteiger partial charge in [0, 0.05) is 25.4 Å². The lowest BCUT2D eigenvalue weighted by Gasteiger charge is -2.44. The highest BCUT2D eigenvalue weighted by molar-refractivity contribution is 4.91. The van der Waals surface area contributed by atoms with Gasteiger partial charge >= 0.3 is 0 Å². The summed E-state index contributed by atoms with van der Waals surface area (Å²) >= 11 is 0. The van der Waals surface area contributed by atoms with E-state index in [4.69, 9.17) is 9.47 Å². The Hall–Kier alpha value is -0.120. The van der Waals surface area contributed by atoms with Crippen LogP contribution >= 0.6 is 0 Å². The summed E-state index contributed by atoms with van der Waals surface area (Å²) in [4.78, 5) is 2.51. The molecule has 2 rings (SSSR count). The highest BCUT2D eigenvalue weighted by Crippen LogP contribution is 2.48. The van der Waals surface area contributed by atoms with Gasteiger partial charge in [0.15, 0.2) is 5.79 Å². The largest absolute Gasteiger partial charge is 0.347 e. The molecule has 0 N–H and O–H groups in total. The quantitative estimate of drug-likeness (QED) is 0.645. The molecule has 0 radical (unpaired) electrons. The van der Waals surface area contributed by atoms with Crippen LogP contribution in [0.25, 0.3) is 0 Å². The second kappa shape index (κ2) is 8.05. The van der Waals surface area contributed by atoms with Crippen LogP contribution < -0.4 is 0 Å². The van der Waals surface area contributed by atoms with Gasteiger partial charge in [-0.3, -0.25) is 0 Å². The predicted octanol–water partition coefficient (Wildman–Crippen LogP) is 5.09. The minimum atomic E-state index is -0.261. The Labute approximate surface area is 150 Å². The molecule has 0 aromatic carbocycles. The smallest absolute Gasteiger partial charge is 0.168 e. The summed E-state index contributed by atoms with van der Waals surface area (Å²) in [5, 5.41) is 0. The topological polar surface area (TPSA) is 21.7 Å². The molecule has 2 aliphatic rings.